The molecule has 0 aromatic heterocycles. The number of carbonyl (C=O) groups excluding carboxylic acids is 2. The molecule has 1 rings (SSSR count). The van der Waals surface area contributed by atoms with Crippen LogP contribution in [-0.4, -0.2) is 74.2 Å². The minimum Gasteiger partial charge on any atom is -0.481 e. The van der Waals surface area contributed by atoms with Gasteiger partial charge >= 0.3 is 11.9 Å². The number of carboxylic acids is 1. The van der Waals surface area contributed by atoms with Crippen LogP contribution in [0.25, 0.3) is 0 Å². The number of unbranched alkanes of at least 4 members (excludes halogenated alkanes) is 1. The first-order valence-corrected chi connectivity index (χ1v) is 9.46. The van der Waals surface area contributed by atoms with Crippen molar-refractivity contribution < 1.29 is 38.8 Å². The molecule has 0 saturated carbocycles. The number of carboxylic acid groups (broad SMARTS) is 1. The fourth-order valence-electron chi connectivity index (χ4n) is 2.12. The average Bonchev–Trinajstić information content (AvgIpc) is 2.89. The van der Waals surface area contributed by atoms with Crippen molar-refractivity contribution in [3.8, 4) is 0 Å². The molecule has 9 heteroatoms. The third-order valence-corrected chi connectivity index (χ3v) is 3.52. The summed E-state index contributed by atoms with van der Waals surface area (Å²) >= 11 is 0. The fourth-order valence-corrected chi connectivity index (χ4v) is 2.12. The van der Waals surface area contributed by atoms with Crippen LogP contribution in [0.15, 0.2) is 0 Å². The summed E-state index contributed by atoms with van der Waals surface area (Å²) in [6.07, 6.45) is 5.47. The van der Waals surface area contributed by atoms with Crippen LogP contribution in [0.3, 0.4) is 0 Å². The molecule has 0 aliphatic carbocycles. The van der Waals surface area contributed by atoms with Crippen LogP contribution in [0.1, 0.15) is 51.4 Å². The maximum Gasteiger partial charge on any atom is 0.305 e. The summed E-state index contributed by atoms with van der Waals surface area (Å²) in [5, 5.41) is 19.6. The highest BCUT2D eigenvalue weighted by molar-refractivity contribution is 5.75. The molecule has 1 aliphatic heterocycles. The van der Waals surface area contributed by atoms with Gasteiger partial charge in [0.25, 0.3) is 0 Å². The second-order valence-corrected chi connectivity index (χ2v) is 5.93. The Balaban J connectivity index is 0.000000694. The van der Waals surface area contributed by atoms with Crippen molar-refractivity contribution in [2.45, 2.75) is 51.4 Å². The maximum atomic E-state index is 11.2. The molecule has 3 N–H and O–H groups in total. The zero-order valence-electron chi connectivity index (χ0n) is 16.0. The Morgan fingerprint density at radius 2 is 1.59 bits per heavy atom. The topological polar surface area (TPSA) is 131 Å². The highest BCUT2D eigenvalue weighted by Gasteiger charge is 2.04. The zero-order valence-corrected chi connectivity index (χ0v) is 16.0. The van der Waals surface area contributed by atoms with Gasteiger partial charge in [0.15, 0.2) is 0 Å². The Kier molecular flexibility index (Phi) is 17.9. The number of hydrogen-bond donors (Lipinski definition) is 3. The monoisotopic (exact) mass is 391 g/mol. The molecule has 0 radical (unpaired) electrons. The van der Waals surface area contributed by atoms with Crippen LogP contribution in [-0.2, 0) is 28.6 Å². The standard InChI is InChI=1S/C12H22O7.C6H11NO/c13-5-6-17-7-8-18-9-10-19-12(16)4-2-1-3-11(14)15;8-6-4-2-1-3-5-7-6/h13H,1-10H2,(H,14,15);1-5H2,(H,7,8). The fraction of sp³-hybridized carbons (Fsp3) is 0.833. The number of nitrogens with one attached hydrogen (secondary N) is 1. The first-order valence-electron chi connectivity index (χ1n) is 9.46. The van der Waals surface area contributed by atoms with Gasteiger partial charge in [0.1, 0.15) is 6.61 Å². The van der Waals surface area contributed by atoms with Crippen LogP contribution in [0.2, 0.25) is 0 Å². The number of aliphatic carboxylic acids is 1. The lowest BCUT2D eigenvalue weighted by molar-refractivity contribution is -0.146. The van der Waals surface area contributed by atoms with Gasteiger partial charge < -0.3 is 29.7 Å². The van der Waals surface area contributed by atoms with Crippen LogP contribution < -0.4 is 5.32 Å². The van der Waals surface area contributed by atoms with E-state index in [9.17, 15) is 14.4 Å². The van der Waals surface area contributed by atoms with Crippen LogP contribution in [0.4, 0.5) is 0 Å². The number of aliphatic hydroxyl groups excluding tert-OH is 1. The number of rotatable bonds is 13. The third-order valence-electron chi connectivity index (χ3n) is 3.52. The van der Waals surface area contributed by atoms with Gasteiger partial charge in [0.05, 0.1) is 33.0 Å². The molecule has 9 nitrogen and oxygen atoms in total. The van der Waals surface area contributed by atoms with Gasteiger partial charge in [-0.15, -0.1) is 0 Å². The summed E-state index contributed by atoms with van der Waals surface area (Å²) in [5.74, 6) is -0.974. The predicted octanol–water partition coefficient (Wildman–Crippen LogP) is 0.877. The summed E-state index contributed by atoms with van der Waals surface area (Å²) in [5.41, 5.74) is 0. The Hall–Kier alpha value is -1.71. The van der Waals surface area contributed by atoms with Crippen LogP contribution in [0, 0.1) is 0 Å². The highest BCUT2D eigenvalue weighted by Crippen LogP contribution is 2.02. The van der Waals surface area contributed by atoms with E-state index >= 15 is 0 Å². The van der Waals surface area contributed by atoms with Crippen molar-refractivity contribution in [2.24, 2.45) is 0 Å². The van der Waals surface area contributed by atoms with E-state index in [2.05, 4.69) is 5.32 Å². The molecule has 0 unspecified atom stereocenters. The van der Waals surface area contributed by atoms with E-state index in [4.69, 9.17) is 24.4 Å². The van der Waals surface area contributed by atoms with Crippen molar-refractivity contribution >= 4 is 17.8 Å². The molecule has 27 heavy (non-hydrogen) atoms. The minimum absolute atomic E-state index is 0.0144. The summed E-state index contributed by atoms with van der Waals surface area (Å²) in [6, 6.07) is 0. The first kappa shape index (κ1) is 25.3. The first-order chi connectivity index (χ1) is 13.1. The van der Waals surface area contributed by atoms with Crippen molar-refractivity contribution in [1.29, 1.82) is 0 Å². The van der Waals surface area contributed by atoms with Crippen molar-refractivity contribution in [1.82, 2.24) is 5.32 Å². The molecule has 158 valence electrons. The zero-order chi connectivity index (χ0) is 20.2. The number of esters is 1. The summed E-state index contributed by atoms with van der Waals surface area (Å²) < 4.78 is 15.0. The van der Waals surface area contributed by atoms with Crippen LogP contribution >= 0.6 is 0 Å². The Labute approximate surface area is 160 Å². The Morgan fingerprint density at radius 1 is 0.926 bits per heavy atom. The van der Waals surface area contributed by atoms with E-state index < -0.39 is 5.97 Å². The third kappa shape index (κ3) is 20.5. The summed E-state index contributed by atoms with van der Waals surface area (Å²) in [7, 11) is 0. The molecule has 0 aromatic rings. The average molecular weight is 391 g/mol. The second-order valence-electron chi connectivity index (χ2n) is 5.93. The van der Waals surface area contributed by atoms with E-state index in [-0.39, 0.29) is 44.5 Å². The van der Waals surface area contributed by atoms with E-state index in [0.717, 1.165) is 25.8 Å². The molecule has 0 spiro atoms. The number of aliphatic hydroxyl groups is 1. The largest absolute Gasteiger partial charge is 0.481 e. The van der Waals surface area contributed by atoms with E-state index in [1.54, 1.807) is 0 Å². The Morgan fingerprint density at radius 3 is 2.30 bits per heavy atom. The second kappa shape index (κ2) is 19.1. The van der Waals surface area contributed by atoms with Gasteiger partial charge in [0, 0.05) is 25.8 Å². The molecule has 1 amide bonds. The molecular weight excluding hydrogens is 358 g/mol. The molecule has 1 saturated heterocycles. The number of hydrogen-bond acceptors (Lipinski definition) is 7. The van der Waals surface area contributed by atoms with Crippen molar-refractivity contribution in [3.63, 3.8) is 0 Å². The van der Waals surface area contributed by atoms with Crippen molar-refractivity contribution in [2.75, 3.05) is 46.2 Å². The lowest BCUT2D eigenvalue weighted by atomic mass is 10.2. The number of ether oxygens (including phenoxy) is 3. The lowest BCUT2D eigenvalue weighted by Gasteiger charge is -2.06. The van der Waals surface area contributed by atoms with E-state index in [1.165, 1.54) is 6.42 Å². The predicted molar refractivity (Wildman–Crippen MR) is 97.3 cm³/mol. The Bertz CT molecular complexity index is 393. The van der Waals surface area contributed by atoms with E-state index in [0.29, 0.717) is 32.7 Å². The number of carbonyl (C=O) groups is 3. The van der Waals surface area contributed by atoms with Gasteiger partial charge in [-0.1, -0.05) is 6.42 Å². The lowest BCUT2D eigenvalue weighted by Crippen LogP contribution is -2.21. The summed E-state index contributed by atoms with van der Waals surface area (Å²) in [6.45, 7) is 2.41. The minimum atomic E-state index is -0.856. The highest BCUT2D eigenvalue weighted by atomic mass is 16.6. The maximum absolute atomic E-state index is 11.2. The van der Waals surface area contributed by atoms with Gasteiger partial charge in [0.2, 0.25) is 5.91 Å². The molecule has 1 heterocycles. The quantitative estimate of drug-likeness (QED) is 0.311. The van der Waals surface area contributed by atoms with Gasteiger partial charge in [-0.05, 0) is 25.7 Å². The molecule has 0 aromatic carbocycles. The van der Waals surface area contributed by atoms with Gasteiger partial charge in [-0.3, -0.25) is 14.4 Å². The van der Waals surface area contributed by atoms with E-state index in [1.807, 2.05) is 0 Å². The normalized spacial score (nSPS) is 13.7. The molecule has 1 aliphatic rings. The SMILES string of the molecule is O=C(O)CCCCC(=O)OCCOCCOCCO.O=C1CCCCCN1. The number of amides is 1. The van der Waals surface area contributed by atoms with Crippen molar-refractivity contribution in [3.05, 3.63) is 0 Å². The van der Waals surface area contributed by atoms with Gasteiger partial charge in [-0.2, -0.15) is 0 Å². The molecule has 0 atom stereocenters. The van der Waals surface area contributed by atoms with Crippen LogP contribution in [0.5, 0.6) is 0 Å². The smallest absolute Gasteiger partial charge is 0.305 e. The van der Waals surface area contributed by atoms with Gasteiger partial charge in [-0.25, -0.2) is 0 Å². The molecule has 1 fully saturated rings. The molecule has 0 bridgehead atoms. The summed E-state index contributed by atoms with van der Waals surface area (Å²) in [4.78, 5) is 32.0. The molecular formula is C18H33NO8.